The summed E-state index contributed by atoms with van der Waals surface area (Å²) in [6.45, 7) is 4.49. The number of nitrogens with one attached hydrogen (secondary N) is 1. The van der Waals surface area contributed by atoms with Crippen LogP contribution in [-0.2, 0) is 15.6 Å². The standard InChI is InChI=1S/C12H22N2O4S/c1-8-6-10(11(15)16)4-5-14(8)12(17)13-7-9(2)19(3)18/h8-10H,4-7H2,1-3H3,(H,13,17)(H,15,16). The predicted octanol–water partition coefficient (Wildman–Crippen LogP) is 0.648. The molecule has 0 aromatic carbocycles. The number of likely N-dealkylation sites (tertiary alicyclic amines) is 1. The maximum atomic E-state index is 12.0. The Balaban J connectivity index is 2.46. The molecule has 1 saturated heterocycles. The molecule has 0 bridgehead atoms. The molecule has 0 radical (unpaired) electrons. The van der Waals surface area contributed by atoms with Gasteiger partial charge < -0.3 is 15.3 Å². The molecule has 1 aliphatic rings. The molecule has 6 nitrogen and oxygen atoms in total. The summed E-state index contributed by atoms with van der Waals surface area (Å²) in [6, 6.07) is -0.286. The van der Waals surface area contributed by atoms with E-state index in [4.69, 9.17) is 5.11 Å². The number of hydrogen-bond donors (Lipinski definition) is 2. The van der Waals surface area contributed by atoms with Crippen molar-refractivity contribution >= 4 is 22.8 Å². The Kier molecular flexibility index (Phi) is 5.78. The first kappa shape index (κ1) is 15.9. The number of carbonyl (C=O) groups excluding carboxylic acids is 1. The van der Waals surface area contributed by atoms with Gasteiger partial charge in [-0.3, -0.25) is 9.00 Å². The van der Waals surface area contributed by atoms with Gasteiger partial charge in [0.2, 0.25) is 0 Å². The molecule has 19 heavy (non-hydrogen) atoms. The third-order valence-corrected chi connectivity index (χ3v) is 4.89. The minimum Gasteiger partial charge on any atom is -0.481 e. The Bertz CT molecular complexity index is 375. The largest absolute Gasteiger partial charge is 0.481 e. The summed E-state index contributed by atoms with van der Waals surface area (Å²) >= 11 is 0. The predicted molar refractivity (Wildman–Crippen MR) is 73.5 cm³/mol. The van der Waals surface area contributed by atoms with Crippen LogP contribution in [0.15, 0.2) is 0 Å². The summed E-state index contributed by atoms with van der Waals surface area (Å²) < 4.78 is 11.2. The van der Waals surface area contributed by atoms with Crippen molar-refractivity contribution in [2.75, 3.05) is 19.3 Å². The lowest BCUT2D eigenvalue weighted by Gasteiger charge is -2.36. The van der Waals surface area contributed by atoms with Crippen molar-refractivity contribution < 1.29 is 18.9 Å². The van der Waals surface area contributed by atoms with Crippen molar-refractivity contribution in [1.82, 2.24) is 10.2 Å². The van der Waals surface area contributed by atoms with E-state index in [1.54, 1.807) is 11.2 Å². The number of carboxylic acid groups (broad SMARTS) is 1. The molecule has 2 N–H and O–H groups in total. The van der Waals surface area contributed by atoms with Crippen molar-refractivity contribution in [3.8, 4) is 0 Å². The van der Waals surface area contributed by atoms with Gasteiger partial charge in [0.1, 0.15) is 0 Å². The van der Waals surface area contributed by atoms with Gasteiger partial charge in [0.05, 0.1) is 5.92 Å². The first-order valence-electron chi connectivity index (χ1n) is 6.42. The van der Waals surface area contributed by atoms with E-state index >= 15 is 0 Å². The van der Waals surface area contributed by atoms with E-state index in [2.05, 4.69) is 5.32 Å². The Morgan fingerprint density at radius 3 is 2.63 bits per heavy atom. The third kappa shape index (κ3) is 4.49. The molecule has 0 aliphatic carbocycles. The topological polar surface area (TPSA) is 86.7 Å². The van der Waals surface area contributed by atoms with Gasteiger partial charge in [-0.25, -0.2) is 4.79 Å². The van der Waals surface area contributed by atoms with Crippen LogP contribution in [-0.4, -0.2) is 56.9 Å². The molecule has 1 fully saturated rings. The summed E-state index contributed by atoms with van der Waals surface area (Å²) in [7, 11) is -0.963. The first-order chi connectivity index (χ1) is 8.82. The molecular formula is C12H22N2O4S. The van der Waals surface area contributed by atoms with Crippen LogP contribution in [0.5, 0.6) is 0 Å². The molecule has 0 aromatic heterocycles. The monoisotopic (exact) mass is 290 g/mol. The van der Waals surface area contributed by atoms with Crippen LogP contribution in [0.2, 0.25) is 0 Å². The van der Waals surface area contributed by atoms with Crippen molar-refractivity contribution in [2.45, 2.75) is 38.0 Å². The van der Waals surface area contributed by atoms with Crippen molar-refractivity contribution in [3.63, 3.8) is 0 Å². The zero-order chi connectivity index (χ0) is 14.6. The summed E-state index contributed by atoms with van der Waals surface area (Å²) in [4.78, 5) is 24.6. The first-order valence-corrected chi connectivity index (χ1v) is 8.04. The lowest BCUT2D eigenvalue weighted by molar-refractivity contribution is -0.143. The van der Waals surface area contributed by atoms with Crippen molar-refractivity contribution in [2.24, 2.45) is 5.92 Å². The molecule has 1 heterocycles. The van der Waals surface area contributed by atoms with E-state index in [-0.39, 0.29) is 23.2 Å². The van der Waals surface area contributed by atoms with Gasteiger partial charge in [0.25, 0.3) is 0 Å². The molecule has 0 spiro atoms. The fourth-order valence-corrected chi connectivity index (χ4v) is 2.47. The minimum absolute atomic E-state index is 0.0859. The maximum absolute atomic E-state index is 12.0. The smallest absolute Gasteiger partial charge is 0.317 e. The number of amides is 2. The van der Waals surface area contributed by atoms with E-state index in [1.165, 1.54) is 0 Å². The van der Waals surface area contributed by atoms with Crippen LogP contribution in [0.3, 0.4) is 0 Å². The van der Waals surface area contributed by atoms with Crippen LogP contribution < -0.4 is 5.32 Å². The SMILES string of the molecule is CC1CC(C(=O)O)CCN1C(=O)NCC(C)S(C)=O. The average molecular weight is 290 g/mol. The lowest BCUT2D eigenvalue weighted by atomic mass is 9.92. The molecule has 4 atom stereocenters. The number of nitrogens with zero attached hydrogens (tertiary/aromatic N) is 1. The Hall–Kier alpha value is -1.11. The number of hydrogen-bond acceptors (Lipinski definition) is 3. The number of carboxylic acids is 1. The number of aliphatic carboxylic acids is 1. The quantitative estimate of drug-likeness (QED) is 0.796. The lowest BCUT2D eigenvalue weighted by Crippen LogP contribution is -2.51. The van der Waals surface area contributed by atoms with Crippen LogP contribution in [0.25, 0.3) is 0 Å². The maximum Gasteiger partial charge on any atom is 0.317 e. The van der Waals surface area contributed by atoms with Gasteiger partial charge in [-0.2, -0.15) is 0 Å². The molecule has 0 saturated carbocycles. The third-order valence-electron chi connectivity index (χ3n) is 3.59. The Morgan fingerprint density at radius 2 is 2.16 bits per heavy atom. The zero-order valence-corrected chi connectivity index (χ0v) is 12.4. The van der Waals surface area contributed by atoms with E-state index in [0.717, 1.165) is 0 Å². The molecule has 110 valence electrons. The minimum atomic E-state index is -0.963. The van der Waals surface area contributed by atoms with E-state index in [9.17, 15) is 13.8 Å². The van der Waals surface area contributed by atoms with Gasteiger partial charge >= 0.3 is 12.0 Å². The number of rotatable bonds is 4. The second kappa shape index (κ2) is 6.88. The van der Waals surface area contributed by atoms with Gasteiger partial charge in [-0.15, -0.1) is 0 Å². The highest BCUT2D eigenvalue weighted by Gasteiger charge is 2.32. The van der Waals surface area contributed by atoms with Crippen LogP contribution in [0.4, 0.5) is 4.79 Å². The molecule has 7 heteroatoms. The number of urea groups is 1. The van der Waals surface area contributed by atoms with E-state index in [0.29, 0.717) is 25.9 Å². The van der Waals surface area contributed by atoms with Crippen LogP contribution in [0, 0.1) is 5.92 Å². The van der Waals surface area contributed by atoms with Crippen LogP contribution in [0.1, 0.15) is 26.7 Å². The Morgan fingerprint density at radius 1 is 1.53 bits per heavy atom. The molecule has 4 unspecified atom stereocenters. The molecular weight excluding hydrogens is 268 g/mol. The summed E-state index contributed by atoms with van der Waals surface area (Å²) in [5.74, 6) is -1.15. The zero-order valence-electron chi connectivity index (χ0n) is 11.6. The highest BCUT2D eigenvalue weighted by molar-refractivity contribution is 7.84. The summed E-state index contributed by atoms with van der Waals surface area (Å²) in [6.07, 6.45) is 2.58. The van der Waals surface area contributed by atoms with Gasteiger partial charge in [-0.1, -0.05) is 0 Å². The van der Waals surface area contributed by atoms with Gasteiger partial charge in [-0.05, 0) is 26.7 Å². The fourth-order valence-electron chi connectivity index (χ4n) is 2.15. The van der Waals surface area contributed by atoms with E-state index in [1.807, 2.05) is 13.8 Å². The summed E-state index contributed by atoms with van der Waals surface area (Å²) in [5, 5.41) is 11.6. The molecule has 2 amide bonds. The average Bonchev–Trinajstić information content (AvgIpc) is 2.34. The Labute approximate surface area is 116 Å². The second-order valence-corrected chi connectivity index (χ2v) is 6.90. The second-order valence-electron chi connectivity index (χ2n) is 5.10. The summed E-state index contributed by atoms with van der Waals surface area (Å²) in [5.41, 5.74) is 0. The van der Waals surface area contributed by atoms with Crippen molar-refractivity contribution in [3.05, 3.63) is 0 Å². The highest BCUT2D eigenvalue weighted by Crippen LogP contribution is 2.22. The fraction of sp³-hybridized carbons (Fsp3) is 0.833. The van der Waals surface area contributed by atoms with E-state index < -0.39 is 16.8 Å². The molecule has 1 aliphatic heterocycles. The van der Waals surface area contributed by atoms with Crippen LogP contribution >= 0.6 is 0 Å². The van der Waals surface area contributed by atoms with Gasteiger partial charge in [0, 0.05) is 41.4 Å². The number of piperidine rings is 1. The van der Waals surface area contributed by atoms with Crippen molar-refractivity contribution in [1.29, 1.82) is 0 Å². The molecule has 0 aromatic rings. The normalized spacial score (nSPS) is 26.6. The number of carbonyl (C=O) groups is 2. The van der Waals surface area contributed by atoms with Gasteiger partial charge in [0.15, 0.2) is 0 Å². The molecule has 1 rings (SSSR count). The highest BCUT2D eigenvalue weighted by atomic mass is 32.2.